The van der Waals surface area contributed by atoms with Crippen LogP contribution in [0.4, 0.5) is 4.39 Å². The zero-order valence-corrected chi connectivity index (χ0v) is 13.1. The first-order chi connectivity index (χ1) is 9.50. The predicted molar refractivity (Wildman–Crippen MR) is 77.8 cm³/mol. The highest BCUT2D eigenvalue weighted by Crippen LogP contribution is 2.32. The Balaban J connectivity index is 2.32. The van der Waals surface area contributed by atoms with Crippen LogP contribution in [0.25, 0.3) is 0 Å². The Morgan fingerprint density at radius 2 is 2.10 bits per heavy atom. The zero-order valence-electron chi connectivity index (χ0n) is 11.5. The lowest BCUT2D eigenvalue weighted by molar-refractivity contribution is 0.395. The lowest BCUT2D eigenvalue weighted by atomic mass is 10.2. The van der Waals surface area contributed by atoms with Gasteiger partial charge in [0.2, 0.25) is 10.0 Å². The first kappa shape index (κ1) is 15.7. The van der Waals surface area contributed by atoms with Gasteiger partial charge >= 0.3 is 0 Å². The van der Waals surface area contributed by atoms with Gasteiger partial charge in [-0.25, -0.2) is 12.8 Å². The average molecular weight is 320 g/mol. The second kappa shape index (κ2) is 6.41. The Bertz CT molecular complexity index is 573. The Kier molecular flexibility index (Phi) is 5.04. The molecule has 1 aliphatic rings. The monoisotopic (exact) mass is 319 g/mol. The van der Waals surface area contributed by atoms with E-state index in [9.17, 15) is 12.8 Å². The minimum Gasteiger partial charge on any atom is -0.207 e. The molecule has 0 atom stereocenters. The Hall–Kier alpha value is -0.650. The Morgan fingerprint density at radius 1 is 1.40 bits per heavy atom. The number of alkyl halides is 1. The normalized spacial score (nSPS) is 15.8. The number of rotatable bonds is 7. The van der Waals surface area contributed by atoms with Gasteiger partial charge in [0.25, 0.3) is 0 Å². The van der Waals surface area contributed by atoms with Gasteiger partial charge in [-0.3, -0.25) is 0 Å². The number of nitrogens with zero attached hydrogens (tertiary/aromatic N) is 1. The van der Waals surface area contributed by atoms with Gasteiger partial charge in [0, 0.05) is 18.2 Å². The van der Waals surface area contributed by atoms with Crippen molar-refractivity contribution in [3.63, 3.8) is 0 Å². The van der Waals surface area contributed by atoms with E-state index in [-0.39, 0.29) is 22.4 Å². The van der Waals surface area contributed by atoms with Crippen molar-refractivity contribution in [2.75, 3.05) is 6.54 Å². The van der Waals surface area contributed by atoms with Crippen molar-refractivity contribution >= 4 is 21.6 Å². The first-order valence-electron chi connectivity index (χ1n) is 6.87. The molecule has 0 aromatic heterocycles. The third kappa shape index (κ3) is 3.32. The summed E-state index contributed by atoms with van der Waals surface area (Å²) in [5.41, 5.74) is 0.221. The third-order valence-corrected chi connectivity index (χ3v) is 5.69. The summed E-state index contributed by atoms with van der Waals surface area (Å²) in [7, 11) is -3.55. The molecule has 0 saturated heterocycles. The van der Waals surface area contributed by atoms with Gasteiger partial charge in [0.1, 0.15) is 5.82 Å². The molecule has 112 valence electrons. The van der Waals surface area contributed by atoms with E-state index >= 15 is 0 Å². The number of halogens is 2. The number of benzene rings is 1. The molecule has 1 aromatic rings. The van der Waals surface area contributed by atoms with E-state index in [0.29, 0.717) is 6.54 Å². The van der Waals surface area contributed by atoms with Gasteiger partial charge in [0.05, 0.1) is 10.8 Å². The quantitative estimate of drug-likeness (QED) is 0.721. The first-order valence-corrected chi connectivity index (χ1v) is 8.84. The van der Waals surface area contributed by atoms with E-state index in [4.69, 9.17) is 11.6 Å². The lowest BCUT2D eigenvalue weighted by Gasteiger charge is -2.22. The third-order valence-electron chi connectivity index (χ3n) is 3.45. The smallest absolute Gasteiger partial charge is 0.207 e. The maximum absolute atomic E-state index is 13.4. The fourth-order valence-electron chi connectivity index (χ4n) is 2.12. The van der Waals surface area contributed by atoms with E-state index in [1.54, 1.807) is 4.31 Å². The summed E-state index contributed by atoms with van der Waals surface area (Å²) in [6, 6.07) is 3.95. The topological polar surface area (TPSA) is 37.4 Å². The standard InChI is InChI=1S/C14H19ClFNO2S/c1-2-3-8-17(12-4-5-12)20(18,19)13-6-7-14(16)11(9-13)10-15/h6-7,9,12H,2-5,8,10H2,1H3. The van der Waals surface area contributed by atoms with Crippen LogP contribution in [-0.2, 0) is 15.9 Å². The second-order valence-electron chi connectivity index (χ2n) is 5.09. The Labute approximate surface area is 124 Å². The number of unbranched alkanes of at least 4 members (excludes halogenated alkanes) is 1. The van der Waals surface area contributed by atoms with Gasteiger partial charge in [-0.05, 0) is 37.5 Å². The van der Waals surface area contributed by atoms with Crippen LogP contribution < -0.4 is 0 Å². The highest BCUT2D eigenvalue weighted by molar-refractivity contribution is 7.89. The van der Waals surface area contributed by atoms with Crippen molar-refractivity contribution in [3.05, 3.63) is 29.6 Å². The van der Waals surface area contributed by atoms with Gasteiger partial charge in [-0.15, -0.1) is 11.6 Å². The molecule has 0 N–H and O–H groups in total. The summed E-state index contributed by atoms with van der Waals surface area (Å²) >= 11 is 5.64. The number of hydrogen-bond donors (Lipinski definition) is 0. The average Bonchev–Trinajstić information content (AvgIpc) is 3.24. The largest absolute Gasteiger partial charge is 0.243 e. The van der Waals surface area contributed by atoms with Gasteiger partial charge in [-0.2, -0.15) is 4.31 Å². The van der Waals surface area contributed by atoms with Crippen LogP contribution in [0.3, 0.4) is 0 Å². The van der Waals surface area contributed by atoms with Crippen molar-refractivity contribution in [1.82, 2.24) is 4.31 Å². The van der Waals surface area contributed by atoms with Gasteiger partial charge < -0.3 is 0 Å². The molecule has 0 radical (unpaired) electrons. The number of sulfonamides is 1. The summed E-state index contributed by atoms with van der Waals surface area (Å²) in [6.07, 6.45) is 3.59. The predicted octanol–water partition coefficient (Wildman–Crippen LogP) is 3.52. The molecule has 3 nitrogen and oxygen atoms in total. The minimum absolute atomic E-state index is 0.0341. The fourth-order valence-corrected chi connectivity index (χ4v) is 4.10. The van der Waals surface area contributed by atoms with Crippen LogP contribution in [0.5, 0.6) is 0 Å². The number of hydrogen-bond acceptors (Lipinski definition) is 2. The fraction of sp³-hybridized carbons (Fsp3) is 0.571. The van der Waals surface area contributed by atoms with E-state index in [1.165, 1.54) is 18.2 Å². The van der Waals surface area contributed by atoms with Crippen LogP contribution >= 0.6 is 11.6 Å². The molecule has 0 amide bonds. The molecule has 0 spiro atoms. The molecule has 0 unspecified atom stereocenters. The summed E-state index contributed by atoms with van der Waals surface area (Å²) < 4.78 is 40.3. The maximum Gasteiger partial charge on any atom is 0.243 e. The molecule has 6 heteroatoms. The molecular weight excluding hydrogens is 301 g/mol. The highest BCUT2D eigenvalue weighted by Gasteiger charge is 2.37. The molecule has 1 fully saturated rings. The van der Waals surface area contributed by atoms with Crippen molar-refractivity contribution in [2.45, 2.75) is 49.4 Å². The highest BCUT2D eigenvalue weighted by atomic mass is 35.5. The second-order valence-corrected chi connectivity index (χ2v) is 7.25. The van der Waals surface area contributed by atoms with Crippen LogP contribution in [0.1, 0.15) is 38.2 Å². The van der Waals surface area contributed by atoms with Crippen LogP contribution in [0.15, 0.2) is 23.1 Å². The Morgan fingerprint density at radius 3 is 2.65 bits per heavy atom. The van der Waals surface area contributed by atoms with Crippen LogP contribution in [-0.4, -0.2) is 25.3 Å². The van der Waals surface area contributed by atoms with Crippen molar-refractivity contribution in [1.29, 1.82) is 0 Å². The van der Waals surface area contributed by atoms with Crippen LogP contribution in [0.2, 0.25) is 0 Å². The molecule has 0 aliphatic heterocycles. The van der Waals surface area contributed by atoms with E-state index in [2.05, 4.69) is 0 Å². The SMILES string of the molecule is CCCCN(C1CC1)S(=O)(=O)c1ccc(F)c(CCl)c1. The summed E-state index contributed by atoms with van der Waals surface area (Å²) in [5, 5.41) is 0. The van der Waals surface area contributed by atoms with Crippen molar-refractivity contribution < 1.29 is 12.8 Å². The maximum atomic E-state index is 13.4. The van der Waals surface area contributed by atoms with Gasteiger partial charge in [-0.1, -0.05) is 13.3 Å². The molecule has 1 aliphatic carbocycles. The van der Waals surface area contributed by atoms with E-state index in [0.717, 1.165) is 25.7 Å². The van der Waals surface area contributed by atoms with E-state index < -0.39 is 15.8 Å². The van der Waals surface area contributed by atoms with Crippen LogP contribution in [0, 0.1) is 5.82 Å². The molecular formula is C14H19ClFNO2S. The summed E-state index contributed by atoms with van der Waals surface area (Å²) in [6.45, 7) is 2.55. The zero-order chi connectivity index (χ0) is 14.8. The summed E-state index contributed by atoms with van der Waals surface area (Å²) in [4.78, 5) is 0.137. The molecule has 20 heavy (non-hydrogen) atoms. The van der Waals surface area contributed by atoms with Crippen molar-refractivity contribution in [3.8, 4) is 0 Å². The van der Waals surface area contributed by atoms with E-state index in [1.807, 2.05) is 6.92 Å². The van der Waals surface area contributed by atoms with Gasteiger partial charge in [0.15, 0.2) is 0 Å². The molecule has 0 heterocycles. The van der Waals surface area contributed by atoms with Crippen molar-refractivity contribution in [2.24, 2.45) is 0 Å². The minimum atomic E-state index is -3.55. The molecule has 1 aromatic carbocycles. The summed E-state index contributed by atoms with van der Waals surface area (Å²) in [5.74, 6) is -0.501. The molecule has 0 bridgehead atoms. The molecule has 1 saturated carbocycles. The lowest BCUT2D eigenvalue weighted by Crippen LogP contribution is -2.34. The molecule has 2 rings (SSSR count).